The van der Waals surface area contributed by atoms with Gasteiger partial charge in [0.1, 0.15) is 0 Å². The molecule has 1 N–H and O–H groups in total. The molecule has 1 atom stereocenters. The predicted octanol–water partition coefficient (Wildman–Crippen LogP) is 5.69. The number of carbonyl (C=O) groups excluding carboxylic acids is 1. The van der Waals surface area contributed by atoms with Gasteiger partial charge in [-0.05, 0) is 54.3 Å². The number of nitrogens with one attached hydrogen (secondary N) is 1. The van der Waals surface area contributed by atoms with E-state index in [0.717, 1.165) is 40.0 Å². The molecule has 3 heterocycles. The Bertz CT molecular complexity index is 1300. The number of H-pyrrole nitrogens is 1. The number of fused-ring (bicyclic) bond motifs is 3. The highest BCUT2D eigenvalue weighted by Gasteiger charge is 2.36. The Balaban J connectivity index is 1.55. The minimum Gasteiger partial charge on any atom is -0.356 e. The number of hydrogen-bond acceptors (Lipinski definition) is 2. The summed E-state index contributed by atoms with van der Waals surface area (Å²) >= 11 is 0. The molecule has 2 aromatic heterocycles. The van der Waals surface area contributed by atoms with Gasteiger partial charge in [0.15, 0.2) is 0 Å². The molecule has 0 fully saturated rings. The quantitative estimate of drug-likeness (QED) is 0.435. The lowest BCUT2D eigenvalue weighted by molar-refractivity contribution is -0.137. The van der Waals surface area contributed by atoms with Crippen LogP contribution in [0, 0.1) is 0 Å². The standard InChI is InChI=1S/C26H22F3N3O/c27-26(28,29)18-7-5-6-17(16-18)25-24-21(20-9-1-2-10-22(20)31-24)13-15-32(25)23(33)12-11-19-8-3-4-14-30-19/h1-10,14,16,25,31H,11-13,15H2/t25-/m0/s1. The van der Waals surface area contributed by atoms with Gasteiger partial charge in [-0.3, -0.25) is 9.78 Å². The third-order valence-electron chi connectivity index (χ3n) is 6.21. The molecule has 2 aromatic carbocycles. The SMILES string of the molecule is O=C(CCc1ccccn1)N1CCc2c([nH]c3ccccc23)[C@@H]1c1cccc(C(F)(F)F)c1. The number of amides is 1. The summed E-state index contributed by atoms with van der Waals surface area (Å²) in [6.07, 6.45) is -1.41. The Hall–Kier alpha value is -3.61. The summed E-state index contributed by atoms with van der Waals surface area (Å²) in [6, 6.07) is 18.0. The second kappa shape index (κ2) is 8.39. The molecule has 5 rings (SSSR count). The van der Waals surface area contributed by atoms with Crippen LogP contribution in [0.4, 0.5) is 13.2 Å². The Morgan fingerprint density at radius 2 is 1.88 bits per heavy atom. The van der Waals surface area contributed by atoms with Crippen molar-refractivity contribution in [2.24, 2.45) is 0 Å². The van der Waals surface area contributed by atoms with Crippen LogP contribution >= 0.6 is 0 Å². The summed E-state index contributed by atoms with van der Waals surface area (Å²) in [6.45, 7) is 0.441. The Labute approximate surface area is 189 Å². The summed E-state index contributed by atoms with van der Waals surface area (Å²) in [5.74, 6) is -0.104. The van der Waals surface area contributed by atoms with Crippen molar-refractivity contribution in [3.05, 3.63) is 101 Å². The number of halogens is 3. The van der Waals surface area contributed by atoms with Crippen LogP contribution in [0.5, 0.6) is 0 Å². The van der Waals surface area contributed by atoms with E-state index in [1.165, 1.54) is 6.07 Å². The van der Waals surface area contributed by atoms with Crippen molar-refractivity contribution >= 4 is 16.8 Å². The molecule has 1 aliphatic heterocycles. The first-order chi connectivity index (χ1) is 15.9. The number of benzene rings is 2. The molecular weight excluding hydrogens is 427 g/mol. The zero-order valence-corrected chi connectivity index (χ0v) is 17.8. The van der Waals surface area contributed by atoms with Crippen molar-refractivity contribution in [3.8, 4) is 0 Å². The van der Waals surface area contributed by atoms with Crippen molar-refractivity contribution in [3.63, 3.8) is 0 Å². The van der Waals surface area contributed by atoms with Gasteiger partial charge in [-0.2, -0.15) is 13.2 Å². The zero-order valence-electron chi connectivity index (χ0n) is 17.8. The van der Waals surface area contributed by atoms with E-state index in [1.807, 2.05) is 42.5 Å². The van der Waals surface area contributed by atoms with Gasteiger partial charge in [-0.15, -0.1) is 0 Å². The number of rotatable bonds is 4. The lowest BCUT2D eigenvalue weighted by Crippen LogP contribution is -2.40. The highest BCUT2D eigenvalue weighted by atomic mass is 19.4. The number of carbonyl (C=O) groups is 1. The number of aromatic amines is 1. The largest absolute Gasteiger partial charge is 0.416 e. The van der Waals surface area contributed by atoms with E-state index in [4.69, 9.17) is 0 Å². The van der Waals surface area contributed by atoms with E-state index >= 15 is 0 Å². The Morgan fingerprint density at radius 1 is 1.06 bits per heavy atom. The predicted molar refractivity (Wildman–Crippen MR) is 120 cm³/mol. The smallest absolute Gasteiger partial charge is 0.356 e. The van der Waals surface area contributed by atoms with Gasteiger partial charge in [0, 0.05) is 41.5 Å². The first-order valence-electron chi connectivity index (χ1n) is 10.9. The summed E-state index contributed by atoms with van der Waals surface area (Å²) in [4.78, 5) is 22.7. The van der Waals surface area contributed by atoms with Crippen LogP contribution in [0.1, 0.15) is 40.5 Å². The second-order valence-corrected chi connectivity index (χ2v) is 8.25. The number of nitrogens with zero attached hydrogens (tertiary/aromatic N) is 2. The molecule has 33 heavy (non-hydrogen) atoms. The van der Waals surface area contributed by atoms with Crippen LogP contribution in [0.2, 0.25) is 0 Å². The van der Waals surface area contributed by atoms with Crippen molar-refractivity contribution in [1.29, 1.82) is 0 Å². The van der Waals surface area contributed by atoms with Crippen LogP contribution < -0.4 is 0 Å². The van der Waals surface area contributed by atoms with Crippen LogP contribution in [0.25, 0.3) is 10.9 Å². The molecule has 0 unspecified atom stereocenters. The van der Waals surface area contributed by atoms with Gasteiger partial charge in [-0.25, -0.2) is 0 Å². The van der Waals surface area contributed by atoms with Crippen molar-refractivity contribution in [2.45, 2.75) is 31.5 Å². The molecular formula is C26H22F3N3O. The zero-order chi connectivity index (χ0) is 23.0. The van der Waals surface area contributed by atoms with Gasteiger partial charge < -0.3 is 9.88 Å². The molecule has 0 bridgehead atoms. The normalized spacial score (nSPS) is 16.1. The van der Waals surface area contributed by atoms with Gasteiger partial charge in [0.2, 0.25) is 5.91 Å². The molecule has 1 amide bonds. The average molecular weight is 449 g/mol. The maximum atomic E-state index is 13.5. The Morgan fingerprint density at radius 3 is 2.67 bits per heavy atom. The lowest BCUT2D eigenvalue weighted by Gasteiger charge is -2.36. The molecule has 0 saturated heterocycles. The molecule has 1 aliphatic rings. The van der Waals surface area contributed by atoms with Gasteiger partial charge in [-0.1, -0.05) is 36.4 Å². The van der Waals surface area contributed by atoms with Crippen molar-refractivity contribution in [2.75, 3.05) is 6.54 Å². The number of hydrogen-bond donors (Lipinski definition) is 1. The number of pyridine rings is 1. The highest BCUT2D eigenvalue weighted by Crippen LogP contribution is 2.40. The molecule has 7 heteroatoms. The van der Waals surface area contributed by atoms with Crippen LogP contribution in [-0.4, -0.2) is 27.3 Å². The first kappa shape index (κ1) is 21.2. The number of alkyl halides is 3. The molecule has 168 valence electrons. The fourth-order valence-corrected chi connectivity index (χ4v) is 4.67. The van der Waals surface area contributed by atoms with E-state index in [0.29, 0.717) is 24.9 Å². The van der Waals surface area contributed by atoms with Gasteiger partial charge in [0.05, 0.1) is 11.6 Å². The molecule has 0 aliphatic carbocycles. The molecule has 0 spiro atoms. The van der Waals surface area contributed by atoms with Gasteiger partial charge >= 0.3 is 6.18 Å². The van der Waals surface area contributed by atoms with Crippen molar-refractivity contribution < 1.29 is 18.0 Å². The Kier molecular flexibility index (Phi) is 5.40. The summed E-state index contributed by atoms with van der Waals surface area (Å²) in [5, 5.41) is 1.05. The van der Waals surface area contributed by atoms with Crippen LogP contribution in [0.15, 0.2) is 72.9 Å². The highest BCUT2D eigenvalue weighted by molar-refractivity contribution is 5.86. The number of para-hydroxylation sites is 1. The summed E-state index contributed by atoms with van der Waals surface area (Å²) in [7, 11) is 0. The number of aromatic nitrogens is 2. The summed E-state index contributed by atoms with van der Waals surface area (Å²) in [5.41, 5.74) is 3.30. The third kappa shape index (κ3) is 4.11. The minimum atomic E-state index is -4.46. The molecule has 4 aromatic rings. The van der Waals surface area contributed by atoms with Crippen LogP contribution in [-0.2, 0) is 23.8 Å². The fourth-order valence-electron chi connectivity index (χ4n) is 4.67. The summed E-state index contributed by atoms with van der Waals surface area (Å²) < 4.78 is 40.4. The maximum absolute atomic E-state index is 13.5. The van der Waals surface area contributed by atoms with E-state index in [1.54, 1.807) is 17.2 Å². The third-order valence-corrected chi connectivity index (χ3v) is 6.21. The molecule has 4 nitrogen and oxygen atoms in total. The first-order valence-corrected chi connectivity index (χ1v) is 10.9. The lowest BCUT2D eigenvalue weighted by atomic mass is 9.91. The van der Waals surface area contributed by atoms with E-state index < -0.39 is 17.8 Å². The van der Waals surface area contributed by atoms with Crippen LogP contribution in [0.3, 0.4) is 0 Å². The average Bonchev–Trinajstić information content (AvgIpc) is 3.21. The monoisotopic (exact) mass is 449 g/mol. The van der Waals surface area contributed by atoms with E-state index in [2.05, 4.69) is 9.97 Å². The fraction of sp³-hybridized carbons (Fsp3) is 0.231. The maximum Gasteiger partial charge on any atom is 0.416 e. The van der Waals surface area contributed by atoms with Crippen molar-refractivity contribution in [1.82, 2.24) is 14.9 Å². The van der Waals surface area contributed by atoms with E-state index in [-0.39, 0.29) is 12.3 Å². The van der Waals surface area contributed by atoms with E-state index in [9.17, 15) is 18.0 Å². The topological polar surface area (TPSA) is 49.0 Å². The molecule has 0 saturated carbocycles. The molecule has 0 radical (unpaired) electrons. The van der Waals surface area contributed by atoms with Gasteiger partial charge in [0.25, 0.3) is 0 Å². The number of aryl methyl sites for hydroxylation is 1. The second-order valence-electron chi connectivity index (χ2n) is 8.25. The minimum absolute atomic E-state index is 0.104.